The van der Waals surface area contributed by atoms with E-state index in [0.717, 1.165) is 46.9 Å². The second kappa shape index (κ2) is 15.2. The van der Waals surface area contributed by atoms with Crippen molar-refractivity contribution >= 4 is 95.6 Å². The van der Waals surface area contributed by atoms with Crippen molar-refractivity contribution in [1.29, 1.82) is 0 Å². The molecule has 2 rings (SSSR count). The summed E-state index contributed by atoms with van der Waals surface area (Å²) >= 11 is 21.8. The van der Waals surface area contributed by atoms with Crippen molar-refractivity contribution in [2.75, 3.05) is 23.9 Å². The van der Waals surface area contributed by atoms with Crippen LogP contribution in [0.5, 0.6) is 11.5 Å². The predicted molar refractivity (Wildman–Crippen MR) is 174 cm³/mol. The minimum atomic E-state index is -0.237. The van der Waals surface area contributed by atoms with Gasteiger partial charge in [0.25, 0.3) is 0 Å². The van der Waals surface area contributed by atoms with Gasteiger partial charge in [-0.2, -0.15) is 0 Å². The Bertz CT molecular complexity index is 905. The van der Waals surface area contributed by atoms with Gasteiger partial charge in [-0.25, -0.2) is 0 Å². The third kappa shape index (κ3) is 12.1. The molecule has 0 amide bonds. The number of rotatable bonds is 12. The Balaban J connectivity index is 2.10. The molecule has 0 fully saturated rings. The van der Waals surface area contributed by atoms with Gasteiger partial charge >= 0.3 is 0 Å². The molecule has 2 atom stereocenters. The van der Waals surface area contributed by atoms with Crippen LogP contribution in [0.1, 0.15) is 52.7 Å². The molecule has 208 valence electrons. The fourth-order valence-electron chi connectivity index (χ4n) is 3.51. The molecule has 4 nitrogen and oxygen atoms in total. The Kier molecular flexibility index (Phi) is 14.0. The van der Waals surface area contributed by atoms with Gasteiger partial charge in [-0.3, -0.25) is 0 Å². The van der Waals surface area contributed by atoms with Crippen LogP contribution in [-0.2, 0) is 15.9 Å². The lowest BCUT2D eigenvalue weighted by molar-refractivity contribution is -0.0646. The zero-order valence-corrected chi connectivity index (χ0v) is 31.4. The van der Waals surface area contributed by atoms with E-state index in [9.17, 15) is 0 Å². The fraction of sp³-hybridized carbons (Fsp3) is 0.556. The lowest BCUT2D eigenvalue weighted by Crippen LogP contribution is -2.32. The maximum Gasteiger partial charge on any atom is 0.147 e. The second-order valence-corrected chi connectivity index (χ2v) is 15.3. The summed E-state index contributed by atoms with van der Waals surface area (Å²) in [4.78, 5) is 0. The minimum absolute atomic E-state index is 0.0567. The number of alkyl halides is 2. The SMILES string of the molecule is CC(C)(C)OC(CBr)COc1c(Br)cc(Cc2cc(Br)c(OCC(CBr)OC(C)(C)C)c(Br)c2)cc1Br. The predicted octanol–water partition coefficient (Wildman–Crippen LogP) is 10.2. The van der Waals surface area contributed by atoms with Crippen molar-refractivity contribution in [3.63, 3.8) is 0 Å². The van der Waals surface area contributed by atoms with E-state index in [0.29, 0.717) is 23.9 Å². The number of halogens is 6. The van der Waals surface area contributed by atoms with Gasteiger partial charge in [0.2, 0.25) is 0 Å². The van der Waals surface area contributed by atoms with E-state index in [1.165, 1.54) is 0 Å². The van der Waals surface area contributed by atoms with E-state index in [1.807, 2.05) is 41.5 Å². The number of ether oxygens (including phenoxy) is 4. The van der Waals surface area contributed by atoms with Crippen LogP contribution in [0.15, 0.2) is 42.2 Å². The lowest BCUT2D eigenvalue weighted by atomic mass is 10.0. The Labute approximate surface area is 272 Å². The summed E-state index contributed by atoms with van der Waals surface area (Å²) in [7, 11) is 0. The highest BCUT2D eigenvalue weighted by Crippen LogP contribution is 2.38. The standard InChI is InChI=1S/C27H34Br6O4/c1-26(2,3)36-18(12-28)14-34-24-20(30)8-16(9-21(24)31)7-17-10-22(32)25(23(33)11-17)35-15-19(13-29)37-27(4,5)6/h8-11,18-19H,7,12-15H2,1-6H3. The monoisotopic (exact) mass is 896 g/mol. The molecule has 0 aliphatic heterocycles. The largest absolute Gasteiger partial charge is 0.488 e. The van der Waals surface area contributed by atoms with Crippen LogP contribution < -0.4 is 9.47 Å². The maximum atomic E-state index is 6.12. The Morgan fingerprint density at radius 1 is 0.595 bits per heavy atom. The maximum absolute atomic E-state index is 6.12. The highest BCUT2D eigenvalue weighted by molar-refractivity contribution is 9.11. The van der Waals surface area contributed by atoms with E-state index in [-0.39, 0.29) is 23.4 Å². The van der Waals surface area contributed by atoms with Crippen LogP contribution in [0, 0.1) is 0 Å². The Hall–Kier alpha value is 0.840. The first kappa shape index (κ1) is 34.0. The first-order valence-corrected chi connectivity index (χ1v) is 17.2. The van der Waals surface area contributed by atoms with E-state index >= 15 is 0 Å². The fourth-order valence-corrected chi connectivity index (χ4v) is 7.17. The molecule has 2 unspecified atom stereocenters. The van der Waals surface area contributed by atoms with Gasteiger partial charge < -0.3 is 18.9 Å². The summed E-state index contributed by atoms with van der Waals surface area (Å²) in [5.41, 5.74) is 1.80. The molecular weight excluding hydrogens is 868 g/mol. The van der Waals surface area contributed by atoms with Gasteiger partial charge in [0.1, 0.15) is 36.9 Å². The minimum Gasteiger partial charge on any atom is -0.488 e. The van der Waals surface area contributed by atoms with Crippen molar-refractivity contribution < 1.29 is 18.9 Å². The van der Waals surface area contributed by atoms with Crippen molar-refractivity contribution in [2.24, 2.45) is 0 Å². The molecular formula is C27H34Br6O4. The van der Waals surface area contributed by atoms with Gasteiger partial charge in [0.05, 0.1) is 29.1 Å². The summed E-state index contributed by atoms with van der Waals surface area (Å²) in [6.45, 7) is 13.1. The second-order valence-electron chi connectivity index (χ2n) is 10.6. The molecule has 0 heterocycles. The molecule has 0 aromatic heterocycles. The zero-order valence-electron chi connectivity index (χ0n) is 21.9. The van der Waals surface area contributed by atoms with E-state index < -0.39 is 0 Å². The van der Waals surface area contributed by atoms with Gasteiger partial charge in [0.15, 0.2) is 0 Å². The highest BCUT2D eigenvalue weighted by atomic mass is 79.9. The Morgan fingerprint density at radius 2 is 0.892 bits per heavy atom. The topological polar surface area (TPSA) is 36.9 Å². The molecule has 0 saturated heterocycles. The van der Waals surface area contributed by atoms with E-state index in [4.69, 9.17) is 18.9 Å². The first-order chi connectivity index (χ1) is 17.1. The first-order valence-electron chi connectivity index (χ1n) is 11.8. The molecule has 0 radical (unpaired) electrons. The third-order valence-electron chi connectivity index (χ3n) is 4.74. The molecule has 2 aromatic carbocycles. The zero-order chi connectivity index (χ0) is 28.0. The number of benzene rings is 2. The van der Waals surface area contributed by atoms with Gasteiger partial charge in [-0.1, -0.05) is 31.9 Å². The van der Waals surface area contributed by atoms with Crippen LogP contribution in [0.25, 0.3) is 0 Å². The van der Waals surface area contributed by atoms with Crippen LogP contribution in [0.2, 0.25) is 0 Å². The average molecular weight is 902 g/mol. The normalized spacial score (nSPS) is 13.9. The van der Waals surface area contributed by atoms with Gasteiger partial charge in [-0.15, -0.1) is 0 Å². The summed E-state index contributed by atoms with van der Waals surface area (Å²) in [6, 6.07) is 8.35. The molecule has 0 aliphatic carbocycles. The van der Waals surface area contributed by atoms with Gasteiger partial charge in [-0.05, 0) is 147 Å². The summed E-state index contributed by atoms with van der Waals surface area (Å²) < 4.78 is 27.9. The van der Waals surface area contributed by atoms with Crippen LogP contribution in [0.3, 0.4) is 0 Å². The summed E-state index contributed by atoms with van der Waals surface area (Å²) in [5.74, 6) is 1.52. The number of hydrogen-bond acceptors (Lipinski definition) is 4. The molecule has 0 bridgehead atoms. The molecule has 2 aromatic rings. The molecule has 0 saturated carbocycles. The Morgan fingerprint density at radius 3 is 1.14 bits per heavy atom. The van der Waals surface area contributed by atoms with Crippen molar-refractivity contribution in [3.8, 4) is 11.5 Å². The average Bonchev–Trinajstić information content (AvgIpc) is 2.74. The number of hydrogen-bond donors (Lipinski definition) is 0. The molecule has 0 spiro atoms. The highest BCUT2D eigenvalue weighted by Gasteiger charge is 2.21. The molecule has 0 N–H and O–H groups in total. The van der Waals surface area contributed by atoms with Gasteiger partial charge in [0, 0.05) is 10.7 Å². The van der Waals surface area contributed by atoms with E-state index in [2.05, 4.69) is 120 Å². The van der Waals surface area contributed by atoms with Crippen molar-refractivity contribution in [3.05, 3.63) is 53.3 Å². The van der Waals surface area contributed by atoms with E-state index in [1.54, 1.807) is 0 Å². The molecule has 37 heavy (non-hydrogen) atoms. The quantitative estimate of drug-likeness (QED) is 0.199. The molecule has 0 aliphatic rings. The van der Waals surface area contributed by atoms with Crippen molar-refractivity contribution in [2.45, 2.75) is 71.4 Å². The molecule has 10 heteroatoms. The summed E-state index contributed by atoms with van der Waals surface area (Å²) in [5, 5.41) is 1.39. The van der Waals surface area contributed by atoms with Crippen molar-refractivity contribution in [1.82, 2.24) is 0 Å². The lowest BCUT2D eigenvalue weighted by Gasteiger charge is -2.27. The smallest absolute Gasteiger partial charge is 0.147 e. The van der Waals surface area contributed by atoms with Crippen LogP contribution in [0.4, 0.5) is 0 Å². The van der Waals surface area contributed by atoms with Crippen LogP contribution >= 0.6 is 95.6 Å². The summed E-state index contributed by atoms with van der Waals surface area (Å²) in [6.07, 6.45) is 0.626. The third-order valence-corrected chi connectivity index (χ3v) is 8.54. The van der Waals surface area contributed by atoms with Crippen LogP contribution in [-0.4, -0.2) is 47.3 Å².